The van der Waals surface area contributed by atoms with E-state index in [1.165, 1.54) is 12.0 Å². The first-order valence-corrected chi connectivity index (χ1v) is 6.93. The summed E-state index contributed by atoms with van der Waals surface area (Å²) in [4.78, 5) is 13.8. The summed E-state index contributed by atoms with van der Waals surface area (Å²) in [5.41, 5.74) is 1.34. The van der Waals surface area contributed by atoms with Crippen LogP contribution in [-0.4, -0.2) is 30.6 Å². The van der Waals surface area contributed by atoms with Crippen LogP contribution in [0, 0.1) is 0 Å². The van der Waals surface area contributed by atoms with Gasteiger partial charge in [0, 0.05) is 19.6 Å². The second kappa shape index (κ2) is 7.04. The van der Waals surface area contributed by atoms with Crippen molar-refractivity contribution in [3.05, 3.63) is 35.9 Å². The van der Waals surface area contributed by atoms with Crippen LogP contribution in [0.4, 0.5) is 4.79 Å². The van der Waals surface area contributed by atoms with Gasteiger partial charge in [-0.1, -0.05) is 30.3 Å². The molecule has 1 heterocycles. The Balaban J connectivity index is 1.61. The summed E-state index contributed by atoms with van der Waals surface area (Å²) in [7, 11) is 0. The lowest BCUT2D eigenvalue weighted by molar-refractivity contribution is 0.186. The fourth-order valence-corrected chi connectivity index (χ4v) is 2.34. The number of nitrogens with zero attached hydrogens (tertiary/aromatic N) is 1. The maximum absolute atomic E-state index is 11.8. The monoisotopic (exact) mass is 246 g/mol. The second-order valence-corrected chi connectivity index (χ2v) is 4.87. The number of aryl methyl sites for hydroxylation is 1. The van der Waals surface area contributed by atoms with Gasteiger partial charge >= 0.3 is 6.03 Å². The van der Waals surface area contributed by atoms with Gasteiger partial charge in [0.25, 0.3) is 0 Å². The predicted molar refractivity (Wildman–Crippen MR) is 73.6 cm³/mol. The number of hydrogen-bond acceptors (Lipinski definition) is 1. The van der Waals surface area contributed by atoms with E-state index < -0.39 is 0 Å². The smallest absolute Gasteiger partial charge is 0.317 e. The summed E-state index contributed by atoms with van der Waals surface area (Å²) in [5, 5.41) is 3.01. The van der Waals surface area contributed by atoms with Crippen molar-refractivity contribution in [1.82, 2.24) is 10.2 Å². The molecule has 0 bridgehead atoms. The third-order valence-electron chi connectivity index (χ3n) is 3.40. The Morgan fingerprint density at radius 2 is 1.83 bits per heavy atom. The van der Waals surface area contributed by atoms with Crippen LogP contribution in [0.1, 0.15) is 31.2 Å². The lowest BCUT2D eigenvalue weighted by Gasteiger charge is -2.26. The number of benzene rings is 1. The van der Waals surface area contributed by atoms with Crippen molar-refractivity contribution in [3.63, 3.8) is 0 Å². The van der Waals surface area contributed by atoms with E-state index in [2.05, 4.69) is 29.6 Å². The second-order valence-electron chi connectivity index (χ2n) is 4.87. The molecule has 1 fully saturated rings. The zero-order chi connectivity index (χ0) is 12.6. The van der Waals surface area contributed by atoms with Crippen LogP contribution in [0.5, 0.6) is 0 Å². The zero-order valence-corrected chi connectivity index (χ0v) is 10.9. The minimum absolute atomic E-state index is 0.114. The summed E-state index contributed by atoms with van der Waals surface area (Å²) >= 11 is 0. The fourth-order valence-electron chi connectivity index (χ4n) is 2.34. The summed E-state index contributed by atoms with van der Waals surface area (Å²) in [6, 6.07) is 10.5. The molecule has 0 radical (unpaired) electrons. The van der Waals surface area contributed by atoms with Gasteiger partial charge in [0.05, 0.1) is 0 Å². The first kappa shape index (κ1) is 12.9. The molecule has 0 saturated carbocycles. The molecule has 0 spiro atoms. The predicted octanol–water partition coefficient (Wildman–Crippen LogP) is 2.81. The Morgan fingerprint density at radius 3 is 2.56 bits per heavy atom. The van der Waals surface area contributed by atoms with Crippen LogP contribution in [0.2, 0.25) is 0 Å². The molecule has 1 saturated heterocycles. The van der Waals surface area contributed by atoms with E-state index in [4.69, 9.17) is 0 Å². The Kier molecular flexibility index (Phi) is 5.06. The van der Waals surface area contributed by atoms with E-state index in [1.807, 2.05) is 11.0 Å². The van der Waals surface area contributed by atoms with Gasteiger partial charge in [-0.3, -0.25) is 0 Å². The minimum Gasteiger partial charge on any atom is -0.338 e. The number of piperidine rings is 1. The van der Waals surface area contributed by atoms with E-state index in [9.17, 15) is 4.79 Å². The Hall–Kier alpha value is -1.51. The number of amides is 2. The average molecular weight is 246 g/mol. The molecule has 1 aliphatic rings. The molecular weight excluding hydrogens is 224 g/mol. The van der Waals surface area contributed by atoms with Crippen LogP contribution in [0.3, 0.4) is 0 Å². The van der Waals surface area contributed by atoms with Gasteiger partial charge in [-0.2, -0.15) is 0 Å². The van der Waals surface area contributed by atoms with E-state index in [-0.39, 0.29) is 6.03 Å². The van der Waals surface area contributed by atoms with Gasteiger partial charge in [0.2, 0.25) is 0 Å². The van der Waals surface area contributed by atoms with Crippen LogP contribution in [-0.2, 0) is 6.42 Å². The van der Waals surface area contributed by atoms with E-state index >= 15 is 0 Å². The number of hydrogen-bond donors (Lipinski definition) is 1. The third-order valence-corrected chi connectivity index (χ3v) is 3.40. The fraction of sp³-hybridized carbons (Fsp3) is 0.533. The molecule has 2 rings (SSSR count). The van der Waals surface area contributed by atoms with Gasteiger partial charge in [0.15, 0.2) is 0 Å². The number of rotatable bonds is 4. The molecule has 98 valence electrons. The van der Waals surface area contributed by atoms with Gasteiger partial charge < -0.3 is 10.2 Å². The molecule has 3 nitrogen and oxygen atoms in total. The van der Waals surface area contributed by atoms with E-state index in [1.54, 1.807) is 0 Å². The highest BCUT2D eigenvalue weighted by molar-refractivity contribution is 5.74. The van der Waals surface area contributed by atoms with E-state index in [0.717, 1.165) is 45.3 Å². The molecule has 0 atom stereocenters. The zero-order valence-electron chi connectivity index (χ0n) is 10.9. The molecule has 1 aromatic carbocycles. The van der Waals surface area contributed by atoms with Crippen LogP contribution in [0.25, 0.3) is 0 Å². The highest BCUT2D eigenvalue weighted by atomic mass is 16.2. The molecule has 1 aromatic rings. The average Bonchev–Trinajstić information content (AvgIpc) is 2.45. The normalized spacial score (nSPS) is 15.4. The number of likely N-dealkylation sites (tertiary alicyclic amines) is 1. The standard InChI is InChI=1S/C15H22N2O/c18-15(17-12-5-2-6-13-17)16-11-7-10-14-8-3-1-4-9-14/h1,3-4,8-9H,2,5-7,10-13H2,(H,16,18). The highest BCUT2D eigenvalue weighted by Gasteiger charge is 2.15. The largest absolute Gasteiger partial charge is 0.338 e. The summed E-state index contributed by atoms with van der Waals surface area (Å²) in [5.74, 6) is 0. The molecule has 0 aromatic heterocycles. The van der Waals surface area contributed by atoms with Gasteiger partial charge in [-0.05, 0) is 37.7 Å². The first-order valence-electron chi connectivity index (χ1n) is 6.93. The van der Waals surface area contributed by atoms with Gasteiger partial charge in [0.1, 0.15) is 0 Å². The molecule has 2 amide bonds. The van der Waals surface area contributed by atoms with Crippen molar-refractivity contribution in [1.29, 1.82) is 0 Å². The Bertz CT molecular complexity index is 358. The lowest BCUT2D eigenvalue weighted by atomic mass is 10.1. The molecule has 0 aliphatic carbocycles. The van der Waals surface area contributed by atoms with Crippen molar-refractivity contribution in [3.8, 4) is 0 Å². The Morgan fingerprint density at radius 1 is 1.11 bits per heavy atom. The SMILES string of the molecule is O=C(NCCCc1ccccc1)N1CCCCC1. The molecule has 1 N–H and O–H groups in total. The Labute approximate surface area is 109 Å². The van der Waals surface area contributed by atoms with Crippen molar-refractivity contribution in [2.24, 2.45) is 0 Å². The highest BCUT2D eigenvalue weighted by Crippen LogP contribution is 2.08. The molecule has 1 aliphatic heterocycles. The van der Waals surface area contributed by atoms with Crippen molar-refractivity contribution in [2.75, 3.05) is 19.6 Å². The summed E-state index contributed by atoms with van der Waals surface area (Å²) < 4.78 is 0. The first-order chi connectivity index (χ1) is 8.86. The van der Waals surface area contributed by atoms with Crippen molar-refractivity contribution in [2.45, 2.75) is 32.1 Å². The quantitative estimate of drug-likeness (QED) is 0.814. The maximum atomic E-state index is 11.8. The minimum atomic E-state index is 0.114. The molecule has 3 heteroatoms. The van der Waals surface area contributed by atoms with Gasteiger partial charge in [-0.25, -0.2) is 4.79 Å². The third kappa shape index (κ3) is 4.06. The topological polar surface area (TPSA) is 32.3 Å². The van der Waals surface area contributed by atoms with Crippen molar-refractivity contribution >= 4 is 6.03 Å². The molecule has 0 unspecified atom stereocenters. The van der Waals surface area contributed by atoms with Crippen LogP contribution < -0.4 is 5.32 Å². The van der Waals surface area contributed by atoms with Crippen LogP contribution in [0.15, 0.2) is 30.3 Å². The molecule has 18 heavy (non-hydrogen) atoms. The molecular formula is C15H22N2O. The number of carbonyl (C=O) groups is 1. The maximum Gasteiger partial charge on any atom is 0.317 e. The number of urea groups is 1. The summed E-state index contributed by atoms with van der Waals surface area (Å²) in [6.45, 7) is 2.61. The summed E-state index contributed by atoms with van der Waals surface area (Å²) in [6.07, 6.45) is 5.59. The lowest BCUT2D eigenvalue weighted by Crippen LogP contribution is -2.43. The van der Waals surface area contributed by atoms with Gasteiger partial charge in [-0.15, -0.1) is 0 Å². The van der Waals surface area contributed by atoms with Crippen molar-refractivity contribution < 1.29 is 4.79 Å². The number of nitrogens with one attached hydrogen (secondary N) is 1. The van der Waals surface area contributed by atoms with Crippen LogP contribution >= 0.6 is 0 Å². The number of carbonyl (C=O) groups excluding carboxylic acids is 1. The van der Waals surface area contributed by atoms with E-state index in [0.29, 0.717) is 0 Å².